The molecule has 0 aliphatic heterocycles. The largest absolute Gasteiger partial charge is 0.377 e. The van der Waals surface area contributed by atoms with Crippen LogP contribution in [0.4, 0.5) is 0 Å². The third kappa shape index (κ3) is 6.15. The first-order valence-corrected chi connectivity index (χ1v) is 9.24. The first-order chi connectivity index (χ1) is 12.8. The number of ether oxygens (including phenoxy) is 1. The molecule has 0 fully saturated rings. The van der Waals surface area contributed by atoms with Crippen LogP contribution in [0.5, 0.6) is 0 Å². The lowest BCUT2D eigenvalue weighted by Crippen LogP contribution is -2.38. The molecule has 0 saturated carbocycles. The minimum atomic E-state index is 0.644. The van der Waals surface area contributed by atoms with E-state index >= 15 is 0 Å². The molecule has 1 aromatic carbocycles. The topological polar surface area (TPSA) is 76.4 Å². The van der Waals surface area contributed by atoms with Crippen molar-refractivity contribution in [2.45, 2.75) is 46.4 Å². The highest BCUT2D eigenvalue weighted by atomic mass is 16.5. The van der Waals surface area contributed by atoms with Gasteiger partial charge in [-0.3, -0.25) is 4.99 Å². The van der Waals surface area contributed by atoms with Gasteiger partial charge >= 0.3 is 0 Å². The van der Waals surface area contributed by atoms with Crippen molar-refractivity contribution in [2.75, 3.05) is 20.2 Å². The Labute approximate surface area is 155 Å². The van der Waals surface area contributed by atoms with Crippen LogP contribution in [0.25, 0.3) is 0 Å². The van der Waals surface area contributed by atoms with Crippen LogP contribution < -0.4 is 10.6 Å². The minimum Gasteiger partial charge on any atom is -0.377 e. The molecule has 2 aromatic rings. The molecule has 0 aliphatic rings. The van der Waals surface area contributed by atoms with Crippen molar-refractivity contribution in [2.24, 2.45) is 4.99 Å². The van der Waals surface area contributed by atoms with Gasteiger partial charge in [0, 0.05) is 39.7 Å². The van der Waals surface area contributed by atoms with Crippen molar-refractivity contribution >= 4 is 5.96 Å². The summed E-state index contributed by atoms with van der Waals surface area (Å²) >= 11 is 0. The Balaban J connectivity index is 1.81. The fraction of sp³-hybridized carbons (Fsp3) is 0.526. The number of hydrogen-bond acceptors (Lipinski definition) is 4. The maximum atomic E-state index is 5.68. The van der Waals surface area contributed by atoms with Crippen molar-refractivity contribution < 1.29 is 4.74 Å². The number of benzene rings is 1. The van der Waals surface area contributed by atoms with E-state index in [4.69, 9.17) is 4.74 Å². The van der Waals surface area contributed by atoms with Crippen LogP contribution in [0.2, 0.25) is 0 Å². The first-order valence-electron chi connectivity index (χ1n) is 9.24. The van der Waals surface area contributed by atoms with E-state index in [1.165, 1.54) is 11.1 Å². The van der Waals surface area contributed by atoms with Gasteiger partial charge in [-0.1, -0.05) is 38.1 Å². The second-order valence-corrected chi connectivity index (χ2v) is 5.97. The Bertz CT molecular complexity index is 682. The minimum absolute atomic E-state index is 0.644. The summed E-state index contributed by atoms with van der Waals surface area (Å²) in [4.78, 5) is 4.29. The number of aromatic nitrogens is 3. The molecule has 1 heterocycles. The molecule has 142 valence electrons. The zero-order valence-electron chi connectivity index (χ0n) is 16.0. The van der Waals surface area contributed by atoms with Crippen LogP contribution in [0.15, 0.2) is 35.6 Å². The van der Waals surface area contributed by atoms with Gasteiger partial charge in [0.15, 0.2) is 5.96 Å². The highest BCUT2D eigenvalue weighted by Gasteiger charge is 2.05. The molecule has 0 atom stereocenters. The molecule has 7 nitrogen and oxygen atoms in total. The average Bonchev–Trinajstić information content (AvgIpc) is 3.13. The van der Waals surface area contributed by atoms with Gasteiger partial charge in [0.05, 0.1) is 6.61 Å². The zero-order valence-corrected chi connectivity index (χ0v) is 16.0. The number of aryl methyl sites for hydroxylation is 1. The summed E-state index contributed by atoms with van der Waals surface area (Å²) in [5, 5.41) is 14.8. The van der Waals surface area contributed by atoms with E-state index in [0.29, 0.717) is 13.2 Å². The van der Waals surface area contributed by atoms with E-state index in [9.17, 15) is 0 Å². The summed E-state index contributed by atoms with van der Waals surface area (Å²) in [5.74, 6) is 1.77. The third-order valence-corrected chi connectivity index (χ3v) is 4.05. The molecule has 1 aromatic heterocycles. The van der Waals surface area contributed by atoms with Crippen LogP contribution in [-0.4, -0.2) is 40.9 Å². The van der Waals surface area contributed by atoms with Crippen molar-refractivity contribution in [3.05, 3.63) is 47.5 Å². The predicted molar refractivity (Wildman–Crippen MR) is 104 cm³/mol. The normalized spacial score (nSPS) is 11.6. The van der Waals surface area contributed by atoms with E-state index < -0.39 is 0 Å². The first kappa shape index (κ1) is 19.9. The van der Waals surface area contributed by atoms with E-state index in [-0.39, 0.29) is 0 Å². The molecule has 26 heavy (non-hydrogen) atoms. The monoisotopic (exact) mass is 358 g/mol. The van der Waals surface area contributed by atoms with Crippen LogP contribution in [0.1, 0.15) is 37.2 Å². The van der Waals surface area contributed by atoms with Gasteiger partial charge < -0.3 is 19.9 Å². The van der Waals surface area contributed by atoms with Crippen molar-refractivity contribution in [3.8, 4) is 0 Å². The van der Waals surface area contributed by atoms with Crippen LogP contribution >= 0.6 is 0 Å². The maximum Gasteiger partial charge on any atom is 0.191 e. The standard InChI is InChI=1S/C19H30N6O/c1-4-12-26-14-17-9-7-6-8-16(17)13-22-19(20-3)21-10-11-25-15-23-24-18(25)5-2/h6-9,15H,4-5,10-14H2,1-3H3,(H2,20,21,22). The maximum absolute atomic E-state index is 5.68. The lowest BCUT2D eigenvalue weighted by molar-refractivity contribution is 0.121. The van der Waals surface area contributed by atoms with Gasteiger partial charge in [-0.2, -0.15) is 0 Å². The second-order valence-electron chi connectivity index (χ2n) is 5.97. The lowest BCUT2D eigenvalue weighted by Gasteiger charge is -2.15. The smallest absolute Gasteiger partial charge is 0.191 e. The molecule has 0 spiro atoms. The molecule has 7 heteroatoms. The molecule has 0 bridgehead atoms. The average molecular weight is 358 g/mol. The molecule has 2 N–H and O–H groups in total. The Hall–Kier alpha value is -2.41. The SMILES string of the molecule is CCCOCc1ccccc1CNC(=NC)NCCn1cnnc1CC. The third-order valence-electron chi connectivity index (χ3n) is 4.05. The summed E-state index contributed by atoms with van der Waals surface area (Å²) in [7, 11) is 1.78. The number of guanidine groups is 1. The van der Waals surface area contributed by atoms with Gasteiger partial charge in [-0.25, -0.2) is 0 Å². The van der Waals surface area contributed by atoms with Gasteiger partial charge in [0.2, 0.25) is 0 Å². The number of hydrogen-bond donors (Lipinski definition) is 2. The molecule has 0 amide bonds. The van der Waals surface area contributed by atoms with Gasteiger partial charge in [-0.05, 0) is 17.5 Å². The predicted octanol–water partition coefficient (Wildman–Crippen LogP) is 2.13. The molecular weight excluding hydrogens is 328 g/mol. The molecule has 0 unspecified atom stereocenters. The van der Waals surface area contributed by atoms with Crippen molar-refractivity contribution in [1.82, 2.24) is 25.4 Å². The summed E-state index contributed by atoms with van der Waals surface area (Å²) in [5.41, 5.74) is 2.43. The number of nitrogens with zero attached hydrogens (tertiary/aromatic N) is 4. The lowest BCUT2D eigenvalue weighted by atomic mass is 10.1. The molecule has 0 radical (unpaired) electrons. The van der Waals surface area contributed by atoms with Gasteiger partial charge in [0.25, 0.3) is 0 Å². The van der Waals surface area contributed by atoms with E-state index in [1.807, 2.05) is 6.07 Å². The molecule has 0 aliphatic carbocycles. The zero-order chi connectivity index (χ0) is 18.6. The van der Waals surface area contributed by atoms with E-state index in [2.05, 4.69) is 62.4 Å². The summed E-state index contributed by atoms with van der Waals surface area (Å²) in [6.45, 7) is 7.89. The van der Waals surface area contributed by atoms with Gasteiger partial charge in [0.1, 0.15) is 12.2 Å². The fourth-order valence-electron chi connectivity index (χ4n) is 2.63. The quantitative estimate of drug-likeness (QED) is 0.387. The van der Waals surface area contributed by atoms with Crippen LogP contribution in [0, 0.1) is 0 Å². The molecule has 2 rings (SSSR count). The Morgan fingerprint density at radius 2 is 2.00 bits per heavy atom. The summed E-state index contributed by atoms with van der Waals surface area (Å²) in [6.07, 6.45) is 3.68. The number of rotatable bonds is 10. The molecular formula is C19H30N6O. The number of nitrogens with one attached hydrogen (secondary N) is 2. The van der Waals surface area contributed by atoms with Gasteiger partial charge in [-0.15, -0.1) is 10.2 Å². The number of aliphatic imine (C=N–C) groups is 1. The highest BCUT2D eigenvalue weighted by Crippen LogP contribution is 2.10. The Morgan fingerprint density at radius 3 is 2.73 bits per heavy atom. The Kier molecular flexibility index (Phi) is 8.62. The summed E-state index contributed by atoms with van der Waals surface area (Å²) < 4.78 is 7.74. The van der Waals surface area contributed by atoms with E-state index in [1.54, 1.807) is 13.4 Å². The van der Waals surface area contributed by atoms with Crippen LogP contribution in [-0.2, 0) is 30.9 Å². The second kappa shape index (κ2) is 11.3. The van der Waals surface area contributed by atoms with Crippen molar-refractivity contribution in [1.29, 1.82) is 0 Å². The fourth-order valence-corrected chi connectivity index (χ4v) is 2.63. The van der Waals surface area contributed by atoms with E-state index in [0.717, 1.165) is 44.3 Å². The van der Waals surface area contributed by atoms with Crippen molar-refractivity contribution in [3.63, 3.8) is 0 Å². The highest BCUT2D eigenvalue weighted by molar-refractivity contribution is 5.79. The molecule has 0 saturated heterocycles. The van der Waals surface area contributed by atoms with Crippen LogP contribution in [0.3, 0.4) is 0 Å². The Morgan fingerprint density at radius 1 is 1.19 bits per heavy atom. The summed E-state index contributed by atoms with van der Waals surface area (Å²) in [6, 6.07) is 8.33.